The first-order valence-electron chi connectivity index (χ1n) is 6.06. The Labute approximate surface area is 125 Å². The first-order valence-corrected chi connectivity index (χ1v) is 8.02. The van der Waals surface area contributed by atoms with Crippen LogP contribution in [0.15, 0.2) is 29.6 Å². The van der Waals surface area contributed by atoms with E-state index in [9.17, 15) is 4.79 Å². The molecule has 0 aliphatic carbocycles. The Morgan fingerprint density at radius 3 is 2.39 bits per heavy atom. The highest BCUT2D eigenvalue weighted by Crippen LogP contribution is 2.21. The second-order valence-corrected chi connectivity index (χ2v) is 6.96. The number of benzene rings is 1. The molecule has 94 valence electrons. The highest BCUT2D eigenvalue weighted by atomic mass is 127. The first kappa shape index (κ1) is 13.7. The number of ketones is 1. The number of rotatable bonds is 4. The van der Waals surface area contributed by atoms with E-state index in [2.05, 4.69) is 42.5 Å². The van der Waals surface area contributed by atoms with Crippen LogP contribution in [0.1, 0.15) is 40.9 Å². The van der Waals surface area contributed by atoms with Gasteiger partial charge in [0.05, 0.1) is 2.88 Å². The van der Waals surface area contributed by atoms with E-state index in [0.717, 1.165) is 26.9 Å². The molecule has 0 amide bonds. The fourth-order valence-corrected chi connectivity index (χ4v) is 3.36. The van der Waals surface area contributed by atoms with E-state index < -0.39 is 0 Å². The molecular formula is C15H15IOS. The smallest absolute Gasteiger partial charge is 0.193 e. The van der Waals surface area contributed by atoms with Gasteiger partial charge in [-0.2, -0.15) is 0 Å². The number of hydrogen-bond acceptors (Lipinski definition) is 2. The third-order valence-corrected chi connectivity index (χ3v) is 4.85. The van der Waals surface area contributed by atoms with Crippen LogP contribution in [0.25, 0.3) is 0 Å². The highest BCUT2D eigenvalue weighted by molar-refractivity contribution is 14.1. The maximum absolute atomic E-state index is 12.3. The molecule has 0 aliphatic rings. The predicted molar refractivity (Wildman–Crippen MR) is 85.7 cm³/mol. The normalized spacial score (nSPS) is 10.6. The molecule has 1 aromatic carbocycles. The van der Waals surface area contributed by atoms with Crippen molar-refractivity contribution in [2.75, 3.05) is 0 Å². The third-order valence-electron chi connectivity index (χ3n) is 3.06. The maximum atomic E-state index is 12.3. The molecule has 0 radical (unpaired) electrons. The molecule has 0 N–H and O–H groups in total. The summed E-state index contributed by atoms with van der Waals surface area (Å²) >= 11 is 3.86. The molecule has 0 aliphatic heterocycles. The van der Waals surface area contributed by atoms with Gasteiger partial charge < -0.3 is 0 Å². The van der Waals surface area contributed by atoms with Crippen molar-refractivity contribution in [3.8, 4) is 0 Å². The lowest BCUT2D eigenvalue weighted by molar-refractivity contribution is 0.103. The summed E-state index contributed by atoms with van der Waals surface area (Å²) in [6.45, 7) is 4.29. The van der Waals surface area contributed by atoms with E-state index in [4.69, 9.17) is 0 Å². The van der Waals surface area contributed by atoms with Crippen molar-refractivity contribution < 1.29 is 4.79 Å². The second-order valence-electron chi connectivity index (χ2n) is 4.16. The van der Waals surface area contributed by atoms with Crippen LogP contribution in [0.4, 0.5) is 0 Å². The lowest BCUT2D eigenvalue weighted by Crippen LogP contribution is -2.02. The minimum atomic E-state index is 0.131. The topological polar surface area (TPSA) is 17.1 Å². The standard InChI is InChI=1S/C15H15IOS/c1-3-10-5-6-12(7-11(10)4-2)15(17)13-8-14(16)18-9-13/h5-9H,3-4H2,1-2H3. The van der Waals surface area contributed by atoms with Crippen LogP contribution in [0, 0.1) is 2.88 Å². The van der Waals surface area contributed by atoms with Gasteiger partial charge in [-0.15, -0.1) is 11.3 Å². The first-order chi connectivity index (χ1) is 8.65. The number of carbonyl (C=O) groups excluding carboxylic acids is 1. The molecule has 2 aromatic rings. The van der Waals surface area contributed by atoms with E-state index in [1.165, 1.54) is 11.1 Å². The summed E-state index contributed by atoms with van der Waals surface area (Å²) in [5.41, 5.74) is 4.23. The number of carbonyl (C=O) groups is 1. The van der Waals surface area contributed by atoms with Gasteiger partial charge in [0.2, 0.25) is 0 Å². The Balaban J connectivity index is 2.36. The van der Waals surface area contributed by atoms with Gasteiger partial charge in [0.15, 0.2) is 5.78 Å². The van der Waals surface area contributed by atoms with Gasteiger partial charge in [-0.1, -0.05) is 26.0 Å². The van der Waals surface area contributed by atoms with Gasteiger partial charge in [-0.25, -0.2) is 0 Å². The minimum Gasteiger partial charge on any atom is -0.289 e. The van der Waals surface area contributed by atoms with Crippen LogP contribution < -0.4 is 0 Å². The van der Waals surface area contributed by atoms with Crippen LogP contribution in [0.5, 0.6) is 0 Å². The highest BCUT2D eigenvalue weighted by Gasteiger charge is 2.12. The Morgan fingerprint density at radius 1 is 1.11 bits per heavy atom. The molecule has 0 atom stereocenters. The number of thiophene rings is 1. The van der Waals surface area contributed by atoms with E-state index in [1.807, 2.05) is 23.6 Å². The fourth-order valence-electron chi connectivity index (χ4n) is 2.04. The summed E-state index contributed by atoms with van der Waals surface area (Å²) in [5.74, 6) is 0.131. The van der Waals surface area contributed by atoms with Crippen molar-refractivity contribution in [2.24, 2.45) is 0 Å². The summed E-state index contributed by atoms with van der Waals surface area (Å²) in [6, 6.07) is 8.03. The fraction of sp³-hybridized carbons (Fsp3) is 0.267. The third kappa shape index (κ3) is 2.83. The molecule has 1 nitrogen and oxygen atoms in total. The van der Waals surface area contributed by atoms with Crippen LogP contribution in [-0.2, 0) is 12.8 Å². The molecular weight excluding hydrogens is 355 g/mol. The van der Waals surface area contributed by atoms with Gasteiger partial charge in [0.25, 0.3) is 0 Å². The molecule has 18 heavy (non-hydrogen) atoms. The molecule has 2 rings (SSSR count). The van der Waals surface area contributed by atoms with Crippen molar-refractivity contribution in [1.82, 2.24) is 0 Å². The summed E-state index contributed by atoms with van der Waals surface area (Å²) < 4.78 is 1.15. The molecule has 0 fully saturated rings. The van der Waals surface area contributed by atoms with Crippen LogP contribution in [-0.4, -0.2) is 5.78 Å². The molecule has 0 saturated heterocycles. The van der Waals surface area contributed by atoms with E-state index >= 15 is 0 Å². The van der Waals surface area contributed by atoms with Gasteiger partial charge in [-0.3, -0.25) is 4.79 Å². The number of hydrogen-bond donors (Lipinski definition) is 0. The van der Waals surface area contributed by atoms with Crippen molar-refractivity contribution >= 4 is 39.7 Å². The average molecular weight is 370 g/mol. The molecule has 0 bridgehead atoms. The summed E-state index contributed by atoms with van der Waals surface area (Å²) in [5, 5.41) is 1.93. The zero-order valence-corrected chi connectivity index (χ0v) is 13.5. The zero-order valence-electron chi connectivity index (χ0n) is 10.5. The zero-order chi connectivity index (χ0) is 13.1. The molecule has 1 aromatic heterocycles. The van der Waals surface area contributed by atoms with Gasteiger partial charge in [0, 0.05) is 16.5 Å². The Morgan fingerprint density at radius 2 is 1.83 bits per heavy atom. The van der Waals surface area contributed by atoms with Crippen molar-refractivity contribution in [1.29, 1.82) is 0 Å². The minimum absolute atomic E-state index is 0.131. The van der Waals surface area contributed by atoms with Crippen molar-refractivity contribution in [3.63, 3.8) is 0 Å². The van der Waals surface area contributed by atoms with E-state index in [1.54, 1.807) is 11.3 Å². The van der Waals surface area contributed by atoms with Crippen LogP contribution in [0.3, 0.4) is 0 Å². The van der Waals surface area contributed by atoms with E-state index in [-0.39, 0.29) is 5.78 Å². The molecule has 0 saturated carbocycles. The monoisotopic (exact) mass is 370 g/mol. The number of aryl methyl sites for hydroxylation is 2. The van der Waals surface area contributed by atoms with Gasteiger partial charge >= 0.3 is 0 Å². The van der Waals surface area contributed by atoms with E-state index in [0.29, 0.717) is 0 Å². The van der Waals surface area contributed by atoms with Gasteiger partial charge in [-0.05, 0) is 58.7 Å². The lowest BCUT2D eigenvalue weighted by atomic mass is 9.97. The lowest BCUT2D eigenvalue weighted by Gasteiger charge is -2.07. The largest absolute Gasteiger partial charge is 0.289 e. The summed E-state index contributed by atoms with van der Waals surface area (Å²) in [6.07, 6.45) is 2.00. The molecule has 1 heterocycles. The molecule has 0 unspecified atom stereocenters. The van der Waals surface area contributed by atoms with Crippen LogP contribution in [0.2, 0.25) is 0 Å². The Kier molecular flexibility index (Phi) is 4.56. The second kappa shape index (κ2) is 5.97. The van der Waals surface area contributed by atoms with Gasteiger partial charge in [0.1, 0.15) is 0 Å². The quantitative estimate of drug-likeness (QED) is 0.563. The average Bonchev–Trinajstić information content (AvgIpc) is 2.83. The van der Waals surface area contributed by atoms with Crippen molar-refractivity contribution in [3.05, 3.63) is 54.8 Å². The Hall–Kier alpha value is -0.680. The molecule has 0 spiro atoms. The SMILES string of the molecule is CCc1ccc(C(=O)c2csc(I)c2)cc1CC. The predicted octanol–water partition coefficient (Wildman–Crippen LogP) is 4.71. The molecule has 3 heteroatoms. The number of halogens is 1. The summed E-state index contributed by atoms with van der Waals surface area (Å²) in [7, 11) is 0. The summed E-state index contributed by atoms with van der Waals surface area (Å²) in [4.78, 5) is 12.3. The van der Waals surface area contributed by atoms with Crippen LogP contribution >= 0.6 is 33.9 Å². The van der Waals surface area contributed by atoms with Crippen molar-refractivity contribution in [2.45, 2.75) is 26.7 Å². The Bertz CT molecular complexity index is 572. The maximum Gasteiger partial charge on any atom is 0.193 e.